The largest absolute Gasteiger partial charge is 0.390 e. The summed E-state index contributed by atoms with van der Waals surface area (Å²) in [5.74, 6) is 3.59. The second-order valence-electron chi connectivity index (χ2n) is 4.09. The molecule has 0 atom stereocenters. The van der Waals surface area contributed by atoms with E-state index in [1.807, 2.05) is 25.7 Å². The topological polar surface area (TPSA) is 49.2 Å². The number of aromatic nitrogens is 2. The fourth-order valence-electron chi connectivity index (χ4n) is 1.56. The highest BCUT2D eigenvalue weighted by atomic mass is 16.3. The van der Waals surface area contributed by atoms with E-state index in [-0.39, 0.29) is 12.5 Å². The zero-order valence-corrected chi connectivity index (χ0v) is 10.6. The molecule has 0 aliphatic rings. The van der Waals surface area contributed by atoms with E-state index >= 15 is 0 Å². The van der Waals surface area contributed by atoms with Gasteiger partial charge in [-0.25, -0.2) is 9.97 Å². The van der Waals surface area contributed by atoms with E-state index in [0.717, 1.165) is 18.1 Å². The summed E-state index contributed by atoms with van der Waals surface area (Å²) in [4.78, 5) is 10.6. The van der Waals surface area contributed by atoms with Crippen LogP contribution >= 0.6 is 0 Å². The van der Waals surface area contributed by atoms with Crippen LogP contribution in [-0.4, -0.2) is 28.2 Å². The van der Waals surface area contributed by atoms with Crippen molar-refractivity contribution in [3.8, 4) is 12.3 Å². The third-order valence-corrected chi connectivity index (χ3v) is 2.54. The van der Waals surface area contributed by atoms with Crippen molar-refractivity contribution in [2.24, 2.45) is 0 Å². The van der Waals surface area contributed by atoms with Crippen LogP contribution in [0, 0.1) is 12.3 Å². The van der Waals surface area contributed by atoms with Gasteiger partial charge in [0.15, 0.2) is 0 Å². The van der Waals surface area contributed by atoms with Gasteiger partial charge in [-0.05, 0) is 6.92 Å². The molecule has 0 aliphatic heterocycles. The van der Waals surface area contributed by atoms with Crippen LogP contribution in [0.4, 0.5) is 5.69 Å². The van der Waals surface area contributed by atoms with Gasteiger partial charge < -0.3 is 10.0 Å². The molecule has 0 unspecified atom stereocenters. The van der Waals surface area contributed by atoms with Gasteiger partial charge >= 0.3 is 0 Å². The molecule has 0 aliphatic carbocycles. The first kappa shape index (κ1) is 13.5. The van der Waals surface area contributed by atoms with E-state index in [1.54, 1.807) is 6.20 Å². The molecule has 0 saturated carbocycles. The van der Waals surface area contributed by atoms with Crippen molar-refractivity contribution in [3.63, 3.8) is 0 Å². The van der Waals surface area contributed by atoms with E-state index in [4.69, 9.17) is 6.42 Å². The standard InChI is InChI=1S/C13H19N3O/c1-5-7-16(6-2)12-8-14-13(10(3)4)15-11(12)9-17/h1,8,10,17H,6-7,9H2,2-4H3. The summed E-state index contributed by atoms with van der Waals surface area (Å²) in [7, 11) is 0. The Labute approximate surface area is 103 Å². The zero-order valence-electron chi connectivity index (χ0n) is 10.6. The van der Waals surface area contributed by atoms with Crippen molar-refractivity contribution >= 4 is 5.69 Å². The number of hydrogen-bond donors (Lipinski definition) is 1. The molecular formula is C13H19N3O. The number of aliphatic hydroxyl groups excluding tert-OH is 1. The SMILES string of the molecule is C#CCN(CC)c1cnc(C(C)C)nc1CO. The van der Waals surface area contributed by atoms with Gasteiger partial charge in [-0.1, -0.05) is 19.8 Å². The predicted octanol–water partition coefficient (Wildman–Crippen LogP) is 1.55. The number of aliphatic hydroxyl groups is 1. The van der Waals surface area contributed by atoms with Crippen LogP contribution in [-0.2, 0) is 6.61 Å². The molecule has 0 spiro atoms. The molecule has 17 heavy (non-hydrogen) atoms. The quantitative estimate of drug-likeness (QED) is 0.784. The van der Waals surface area contributed by atoms with Gasteiger partial charge in [0.25, 0.3) is 0 Å². The smallest absolute Gasteiger partial charge is 0.131 e. The summed E-state index contributed by atoms with van der Waals surface area (Å²) in [6.45, 7) is 7.22. The van der Waals surface area contributed by atoms with Crippen molar-refractivity contribution in [2.45, 2.75) is 33.3 Å². The molecule has 0 radical (unpaired) electrons. The van der Waals surface area contributed by atoms with Crippen molar-refractivity contribution in [1.82, 2.24) is 9.97 Å². The molecule has 92 valence electrons. The lowest BCUT2D eigenvalue weighted by Crippen LogP contribution is -2.25. The zero-order chi connectivity index (χ0) is 12.8. The summed E-state index contributed by atoms with van der Waals surface area (Å²) in [6.07, 6.45) is 7.06. The number of terminal acetylenes is 1. The summed E-state index contributed by atoms with van der Waals surface area (Å²) >= 11 is 0. The van der Waals surface area contributed by atoms with Crippen LogP contribution < -0.4 is 4.90 Å². The normalized spacial score (nSPS) is 10.4. The fraction of sp³-hybridized carbons (Fsp3) is 0.538. The highest BCUT2D eigenvalue weighted by molar-refractivity contribution is 5.49. The van der Waals surface area contributed by atoms with Gasteiger partial charge in [-0.2, -0.15) is 0 Å². The van der Waals surface area contributed by atoms with Crippen molar-refractivity contribution in [3.05, 3.63) is 17.7 Å². The van der Waals surface area contributed by atoms with Gasteiger partial charge in [0.2, 0.25) is 0 Å². The van der Waals surface area contributed by atoms with Crippen LogP contribution in [0.2, 0.25) is 0 Å². The van der Waals surface area contributed by atoms with E-state index in [9.17, 15) is 5.11 Å². The molecular weight excluding hydrogens is 214 g/mol. The Morgan fingerprint density at radius 2 is 2.24 bits per heavy atom. The predicted molar refractivity (Wildman–Crippen MR) is 68.8 cm³/mol. The minimum Gasteiger partial charge on any atom is -0.390 e. The maximum absolute atomic E-state index is 9.37. The van der Waals surface area contributed by atoms with Crippen LogP contribution in [0.5, 0.6) is 0 Å². The fourth-order valence-corrected chi connectivity index (χ4v) is 1.56. The van der Waals surface area contributed by atoms with Crippen LogP contribution in [0.25, 0.3) is 0 Å². The second kappa shape index (κ2) is 6.21. The number of anilines is 1. The van der Waals surface area contributed by atoms with Crippen LogP contribution in [0.3, 0.4) is 0 Å². The van der Waals surface area contributed by atoms with E-state index < -0.39 is 0 Å². The Balaban J connectivity index is 3.11. The first-order chi connectivity index (χ1) is 8.13. The summed E-state index contributed by atoms with van der Waals surface area (Å²) in [6, 6.07) is 0. The van der Waals surface area contributed by atoms with Crippen molar-refractivity contribution in [1.29, 1.82) is 0 Å². The maximum Gasteiger partial charge on any atom is 0.131 e. The van der Waals surface area contributed by atoms with Crippen LogP contribution in [0.1, 0.15) is 38.2 Å². The highest BCUT2D eigenvalue weighted by Gasteiger charge is 2.13. The maximum atomic E-state index is 9.37. The number of nitrogens with zero attached hydrogens (tertiary/aromatic N) is 3. The first-order valence-corrected chi connectivity index (χ1v) is 5.79. The molecule has 1 aromatic heterocycles. The molecule has 1 aromatic rings. The molecule has 1 heterocycles. The average molecular weight is 233 g/mol. The first-order valence-electron chi connectivity index (χ1n) is 5.79. The van der Waals surface area contributed by atoms with Gasteiger partial charge in [0.1, 0.15) is 5.82 Å². The van der Waals surface area contributed by atoms with Gasteiger partial charge in [0, 0.05) is 12.5 Å². The summed E-state index contributed by atoms with van der Waals surface area (Å²) in [5, 5.41) is 9.37. The van der Waals surface area contributed by atoms with E-state index in [2.05, 4.69) is 15.9 Å². The Morgan fingerprint density at radius 1 is 1.53 bits per heavy atom. The third kappa shape index (κ3) is 3.18. The highest BCUT2D eigenvalue weighted by Crippen LogP contribution is 2.20. The molecule has 0 aromatic carbocycles. The third-order valence-electron chi connectivity index (χ3n) is 2.54. The summed E-state index contributed by atoms with van der Waals surface area (Å²) < 4.78 is 0. The lowest BCUT2D eigenvalue weighted by Gasteiger charge is -2.22. The molecule has 0 fully saturated rings. The minimum atomic E-state index is -0.0986. The molecule has 0 bridgehead atoms. The van der Waals surface area contributed by atoms with Gasteiger partial charge in [-0.3, -0.25) is 0 Å². The molecule has 0 amide bonds. The van der Waals surface area contributed by atoms with Gasteiger partial charge in [0.05, 0.1) is 30.7 Å². The molecule has 0 saturated heterocycles. The van der Waals surface area contributed by atoms with E-state index in [0.29, 0.717) is 12.2 Å². The lowest BCUT2D eigenvalue weighted by atomic mass is 10.2. The van der Waals surface area contributed by atoms with E-state index in [1.165, 1.54) is 0 Å². The monoisotopic (exact) mass is 233 g/mol. The molecule has 4 nitrogen and oxygen atoms in total. The number of rotatable bonds is 5. The minimum absolute atomic E-state index is 0.0986. The van der Waals surface area contributed by atoms with Gasteiger partial charge in [-0.15, -0.1) is 6.42 Å². The molecule has 1 rings (SSSR count). The Kier molecular flexibility index (Phi) is 4.92. The Morgan fingerprint density at radius 3 is 2.71 bits per heavy atom. The Hall–Kier alpha value is -1.60. The number of hydrogen-bond acceptors (Lipinski definition) is 4. The second-order valence-corrected chi connectivity index (χ2v) is 4.09. The van der Waals surface area contributed by atoms with Crippen molar-refractivity contribution < 1.29 is 5.11 Å². The molecule has 4 heteroatoms. The average Bonchev–Trinajstić information content (AvgIpc) is 2.35. The van der Waals surface area contributed by atoms with Crippen molar-refractivity contribution in [2.75, 3.05) is 18.0 Å². The Bertz CT molecular complexity index is 410. The summed E-state index contributed by atoms with van der Waals surface area (Å²) in [5.41, 5.74) is 1.46. The van der Waals surface area contributed by atoms with Crippen LogP contribution in [0.15, 0.2) is 6.20 Å². The lowest BCUT2D eigenvalue weighted by molar-refractivity contribution is 0.276. The molecule has 1 N–H and O–H groups in total.